The molecule has 0 fully saturated rings. The summed E-state index contributed by atoms with van der Waals surface area (Å²) < 4.78 is 11.2. The second kappa shape index (κ2) is 7.36. The Morgan fingerprint density at radius 3 is 2.76 bits per heavy atom. The lowest BCUT2D eigenvalue weighted by molar-refractivity contribution is 0.678. The molecular formula is C15H22N4OS. The van der Waals surface area contributed by atoms with Crippen molar-refractivity contribution in [1.82, 2.24) is 9.97 Å². The van der Waals surface area contributed by atoms with Gasteiger partial charge in [0.25, 0.3) is 0 Å². The summed E-state index contributed by atoms with van der Waals surface area (Å²) in [6.45, 7) is 4.88. The van der Waals surface area contributed by atoms with Crippen LogP contribution in [0.2, 0.25) is 0 Å². The summed E-state index contributed by atoms with van der Waals surface area (Å²) in [7, 11) is -0.764. The first-order valence-electron chi connectivity index (χ1n) is 7.17. The Kier molecular flexibility index (Phi) is 5.50. The second-order valence-electron chi connectivity index (χ2n) is 5.05. The Morgan fingerprint density at radius 1 is 1.29 bits per heavy atom. The van der Waals surface area contributed by atoms with E-state index >= 15 is 0 Å². The molecule has 2 atom stereocenters. The Morgan fingerprint density at radius 2 is 2.05 bits per heavy atom. The highest BCUT2D eigenvalue weighted by molar-refractivity contribution is 7.84. The van der Waals surface area contributed by atoms with Crippen LogP contribution in [0.15, 0.2) is 24.3 Å². The zero-order chi connectivity index (χ0) is 15.2. The molecule has 0 bridgehead atoms. The first-order valence-corrected chi connectivity index (χ1v) is 8.90. The molecule has 2 aromatic rings. The lowest BCUT2D eigenvalue weighted by Crippen LogP contribution is -2.19. The second-order valence-corrected chi connectivity index (χ2v) is 6.61. The van der Waals surface area contributed by atoms with E-state index in [4.69, 9.17) is 0 Å². The molecule has 1 heterocycles. The van der Waals surface area contributed by atoms with E-state index in [0.29, 0.717) is 11.7 Å². The Labute approximate surface area is 128 Å². The van der Waals surface area contributed by atoms with E-state index in [2.05, 4.69) is 27.5 Å². The molecule has 6 heteroatoms. The zero-order valence-corrected chi connectivity index (χ0v) is 13.5. The van der Waals surface area contributed by atoms with E-state index < -0.39 is 10.8 Å². The monoisotopic (exact) mass is 306 g/mol. The van der Waals surface area contributed by atoms with Crippen LogP contribution in [0.4, 0.5) is 11.8 Å². The van der Waals surface area contributed by atoms with E-state index in [1.54, 1.807) is 6.26 Å². The third-order valence-electron chi connectivity index (χ3n) is 3.16. The van der Waals surface area contributed by atoms with Gasteiger partial charge in [0.15, 0.2) is 0 Å². The van der Waals surface area contributed by atoms with Gasteiger partial charge in [-0.25, -0.2) is 4.98 Å². The maximum atomic E-state index is 11.2. The van der Waals surface area contributed by atoms with E-state index in [-0.39, 0.29) is 6.04 Å². The predicted octanol–water partition coefficient (Wildman–Crippen LogP) is 2.63. The van der Waals surface area contributed by atoms with Gasteiger partial charge in [-0.05, 0) is 32.4 Å². The van der Waals surface area contributed by atoms with Crippen molar-refractivity contribution in [2.45, 2.75) is 26.3 Å². The Bertz CT molecular complexity index is 632. The molecule has 2 unspecified atom stereocenters. The van der Waals surface area contributed by atoms with Crippen LogP contribution in [0.25, 0.3) is 10.9 Å². The van der Waals surface area contributed by atoms with Gasteiger partial charge in [0.1, 0.15) is 5.82 Å². The highest BCUT2D eigenvalue weighted by atomic mass is 32.2. The average molecular weight is 306 g/mol. The number of anilines is 2. The number of rotatable bonds is 7. The minimum Gasteiger partial charge on any atom is -0.367 e. The van der Waals surface area contributed by atoms with Gasteiger partial charge in [0, 0.05) is 40.8 Å². The van der Waals surface area contributed by atoms with Crippen molar-refractivity contribution in [3.63, 3.8) is 0 Å². The number of para-hydroxylation sites is 1. The molecule has 0 radical (unpaired) electrons. The molecule has 0 amide bonds. The van der Waals surface area contributed by atoms with E-state index in [9.17, 15) is 4.21 Å². The predicted molar refractivity (Wildman–Crippen MR) is 90.3 cm³/mol. The molecule has 114 valence electrons. The van der Waals surface area contributed by atoms with Crippen molar-refractivity contribution in [3.05, 3.63) is 24.3 Å². The molecule has 21 heavy (non-hydrogen) atoms. The maximum absolute atomic E-state index is 11.2. The van der Waals surface area contributed by atoms with Crippen molar-refractivity contribution < 1.29 is 4.21 Å². The van der Waals surface area contributed by atoms with Crippen molar-refractivity contribution >= 4 is 33.5 Å². The van der Waals surface area contributed by atoms with E-state index in [1.165, 1.54) is 0 Å². The molecule has 0 aliphatic rings. The standard InChI is InChI=1S/C15H22N4OS/c1-4-16-15-18-13-8-6-5-7-12(13)14(19-15)17-11(2)9-10-21(3)20/h5-8,11H,4,9-10H2,1-3H3,(H2,16,17,18,19). The summed E-state index contributed by atoms with van der Waals surface area (Å²) in [5, 5.41) is 7.57. The first kappa shape index (κ1) is 15.7. The summed E-state index contributed by atoms with van der Waals surface area (Å²) in [6, 6.07) is 8.16. The van der Waals surface area contributed by atoms with Crippen molar-refractivity contribution in [3.8, 4) is 0 Å². The van der Waals surface area contributed by atoms with Gasteiger partial charge in [-0.2, -0.15) is 4.98 Å². The molecule has 0 aliphatic heterocycles. The third-order valence-corrected chi connectivity index (χ3v) is 3.97. The number of fused-ring (bicyclic) bond motifs is 1. The topological polar surface area (TPSA) is 66.9 Å². The molecule has 1 aromatic carbocycles. The molecule has 1 aromatic heterocycles. The molecule has 0 aliphatic carbocycles. The van der Waals surface area contributed by atoms with Crippen LogP contribution in [0.5, 0.6) is 0 Å². The van der Waals surface area contributed by atoms with Crippen molar-refractivity contribution in [2.75, 3.05) is 29.2 Å². The highest BCUT2D eigenvalue weighted by Gasteiger charge is 2.10. The summed E-state index contributed by atoms with van der Waals surface area (Å²) in [5.41, 5.74) is 0.914. The quantitative estimate of drug-likeness (QED) is 0.823. The van der Waals surface area contributed by atoms with Crippen LogP contribution >= 0.6 is 0 Å². The fourth-order valence-corrected chi connectivity index (χ4v) is 2.76. The molecule has 2 rings (SSSR count). The smallest absolute Gasteiger partial charge is 0.225 e. The number of benzene rings is 1. The summed E-state index contributed by atoms with van der Waals surface area (Å²) >= 11 is 0. The summed E-state index contributed by atoms with van der Waals surface area (Å²) in [6.07, 6.45) is 2.58. The van der Waals surface area contributed by atoms with Gasteiger partial charge in [-0.15, -0.1) is 0 Å². The van der Waals surface area contributed by atoms with Gasteiger partial charge in [0.2, 0.25) is 5.95 Å². The van der Waals surface area contributed by atoms with E-state index in [0.717, 1.165) is 29.7 Å². The fourth-order valence-electron chi connectivity index (χ4n) is 2.07. The van der Waals surface area contributed by atoms with Crippen LogP contribution in [-0.2, 0) is 10.8 Å². The normalized spacial score (nSPS) is 13.9. The SMILES string of the molecule is CCNc1nc(NC(C)CCS(C)=O)c2ccccc2n1. The third kappa shape index (κ3) is 4.39. The average Bonchev–Trinajstić information content (AvgIpc) is 2.45. The number of nitrogens with zero attached hydrogens (tertiary/aromatic N) is 2. The molecular weight excluding hydrogens is 284 g/mol. The van der Waals surface area contributed by atoms with Crippen molar-refractivity contribution in [2.24, 2.45) is 0 Å². The molecule has 0 saturated heterocycles. The van der Waals surface area contributed by atoms with Gasteiger partial charge in [0.05, 0.1) is 5.52 Å². The molecule has 2 N–H and O–H groups in total. The van der Waals surface area contributed by atoms with Gasteiger partial charge < -0.3 is 10.6 Å². The minimum absolute atomic E-state index is 0.210. The van der Waals surface area contributed by atoms with Gasteiger partial charge in [-0.1, -0.05) is 12.1 Å². The number of hydrogen-bond donors (Lipinski definition) is 2. The number of hydrogen-bond acceptors (Lipinski definition) is 5. The first-order chi connectivity index (χ1) is 10.1. The lowest BCUT2D eigenvalue weighted by Gasteiger charge is -2.16. The fraction of sp³-hybridized carbons (Fsp3) is 0.467. The van der Waals surface area contributed by atoms with Crippen LogP contribution in [0.1, 0.15) is 20.3 Å². The van der Waals surface area contributed by atoms with Crippen LogP contribution in [0.3, 0.4) is 0 Å². The lowest BCUT2D eigenvalue weighted by atomic mass is 10.2. The summed E-state index contributed by atoms with van der Waals surface area (Å²) in [5.74, 6) is 2.15. The Hall–Kier alpha value is -1.69. The number of nitrogens with one attached hydrogen (secondary N) is 2. The van der Waals surface area contributed by atoms with Crippen LogP contribution in [-0.4, -0.2) is 38.8 Å². The van der Waals surface area contributed by atoms with Gasteiger partial charge >= 0.3 is 0 Å². The zero-order valence-electron chi connectivity index (χ0n) is 12.7. The molecule has 5 nitrogen and oxygen atoms in total. The highest BCUT2D eigenvalue weighted by Crippen LogP contribution is 2.22. The Balaban J connectivity index is 2.25. The molecule has 0 spiro atoms. The number of aromatic nitrogens is 2. The largest absolute Gasteiger partial charge is 0.367 e. The maximum Gasteiger partial charge on any atom is 0.225 e. The van der Waals surface area contributed by atoms with Crippen LogP contribution < -0.4 is 10.6 Å². The summed E-state index contributed by atoms with van der Waals surface area (Å²) in [4.78, 5) is 9.04. The van der Waals surface area contributed by atoms with Gasteiger partial charge in [-0.3, -0.25) is 4.21 Å². The van der Waals surface area contributed by atoms with Crippen LogP contribution in [0, 0.1) is 0 Å². The van der Waals surface area contributed by atoms with Crippen molar-refractivity contribution in [1.29, 1.82) is 0 Å². The molecule has 0 saturated carbocycles. The van der Waals surface area contributed by atoms with E-state index in [1.807, 2.05) is 31.2 Å². The minimum atomic E-state index is -0.764.